The Bertz CT molecular complexity index is 672. The van der Waals surface area contributed by atoms with Crippen molar-refractivity contribution in [3.8, 4) is 0 Å². The van der Waals surface area contributed by atoms with Crippen LogP contribution >= 0.6 is 11.8 Å². The van der Waals surface area contributed by atoms with E-state index in [-0.39, 0.29) is 5.54 Å². The summed E-state index contributed by atoms with van der Waals surface area (Å²) < 4.78 is 2.41. The van der Waals surface area contributed by atoms with Gasteiger partial charge in [0.2, 0.25) is 0 Å². The maximum Gasteiger partial charge on any atom is 0.194 e. The molecule has 0 bridgehead atoms. The van der Waals surface area contributed by atoms with Gasteiger partial charge in [-0.2, -0.15) is 0 Å². The molecule has 2 fully saturated rings. The average Bonchev–Trinajstić information content (AvgIpc) is 3.29. The highest BCUT2D eigenvalue weighted by Crippen LogP contribution is 2.46. The summed E-state index contributed by atoms with van der Waals surface area (Å²) >= 11 is 1.71. The van der Waals surface area contributed by atoms with Crippen molar-refractivity contribution in [3.63, 3.8) is 0 Å². The van der Waals surface area contributed by atoms with Gasteiger partial charge in [0, 0.05) is 43.6 Å². The first-order valence-corrected chi connectivity index (χ1v) is 11.5. The fourth-order valence-corrected chi connectivity index (χ4v) is 4.86. The monoisotopic (exact) mass is 392 g/mol. The minimum absolute atomic E-state index is 0.130. The number of hydrogen-bond donors (Lipinski definition) is 1. The third kappa shape index (κ3) is 3.84. The minimum Gasteiger partial charge on any atom is -0.356 e. The Morgan fingerprint density at radius 3 is 2.48 bits per heavy atom. The summed E-state index contributed by atoms with van der Waals surface area (Å²) in [6.07, 6.45) is 9.29. The molecule has 0 amide bonds. The second kappa shape index (κ2) is 8.02. The predicted octanol–water partition coefficient (Wildman–Crippen LogP) is 3.74. The number of rotatable bonds is 6. The minimum atomic E-state index is 0.130. The van der Waals surface area contributed by atoms with Crippen LogP contribution in [0.15, 0.2) is 10.1 Å². The summed E-state index contributed by atoms with van der Waals surface area (Å²) in [6, 6.07) is 0.599. The van der Waals surface area contributed by atoms with E-state index in [0.717, 1.165) is 42.9 Å². The highest BCUT2D eigenvalue weighted by atomic mass is 32.2. The van der Waals surface area contributed by atoms with Crippen molar-refractivity contribution in [2.45, 2.75) is 83.0 Å². The van der Waals surface area contributed by atoms with E-state index in [1.165, 1.54) is 25.7 Å². The number of aryl methyl sites for hydroxylation is 1. The van der Waals surface area contributed by atoms with Crippen molar-refractivity contribution < 1.29 is 0 Å². The Kier molecular flexibility index (Phi) is 6.08. The summed E-state index contributed by atoms with van der Waals surface area (Å²) in [5, 5.41) is 13.5. The molecule has 7 heteroatoms. The van der Waals surface area contributed by atoms with Crippen LogP contribution in [0.1, 0.15) is 71.7 Å². The number of nitrogens with one attached hydrogen (secondary N) is 1. The lowest BCUT2D eigenvalue weighted by Crippen LogP contribution is -2.72. The molecule has 1 N–H and O–H groups in total. The van der Waals surface area contributed by atoms with Crippen molar-refractivity contribution in [3.05, 3.63) is 5.82 Å². The molecule has 1 aromatic heterocycles. The van der Waals surface area contributed by atoms with Gasteiger partial charge in [-0.3, -0.25) is 4.99 Å². The van der Waals surface area contributed by atoms with Gasteiger partial charge in [0.05, 0.1) is 0 Å². The number of guanidine groups is 1. The second-order valence-electron chi connectivity index (χ2n) is 9.02. The van der Waals surface area contributed by atoms with E-state index in [0.29, 0.717) is 11.5 Å². The molecule has 27 heavy (non-hydrogen) atoms. The summed E-state index contributed by atoms with van der Waals surface area (Å²) in [7, 11) is 1.88. The Labute approximate surface area is 168 Å². The Morgan fingerprint density at radius 1 is 1.22 bits per heavy atom. The zero-order chi connectivity index (χ0) is 19.7. The summed E-state index contributed by atoms with van der Waals surface area (Å²) in [5.41, 5.74) is 0.446. The molecule has 2 heterocycles. The number of likely N-dealkylation sites (tertiary alicyclic amines) is 1. The fourth-order valence-electron chi connectivity index (χ4n) is 4.29. The van der Waals surface area contributed by atoms with E-state index in [4.69, 9.17) is 0 Å². The van der Waals surface area contributed by atoms with Gasteiger partial charge in [0.1, 0.15) is 5.82 Å². The molecule has 1 aliphatic carbocycles. The van der Waals surface area contributed by atoms with Crippen molar-refractivity contribution in [2.24, 2.45) is 10.4 Å². The molecular formula is C20H36N6S. The Balaban J connectivity index is 1.54. The van der Waals surface area contributed by atoms with E-state index in [1.54, 1.807) is 11.8 Å². The lowest BCUT2D eigenvalue weighted by Gasteiger charge is -2.62. The summed E-state index contributed by atoms with van der Waals surface area (Å²) in [6.45, 7) is 11.2. The first-order valence-electron chi connectivity index (χ1n) is 10.3. The predicted molar refractivity (Wildman–Crippen MR) is 114 cm³/mol. The number of hydrogen-bond acceptors (Lipinski definition) is 4. The standard InChI is InChI=1S/C20H36N6S/c1-19(2)14-25(20(19,3)4)17(21-5)22-13-9-12-16-23-24-18(27-6)26(16)15-10-7-8-11-15/h15H,7-14H2,1-6H3,(H,21,22). The molecule has 3 rings (SSSR count). The number of aromatic nitrogens is 3. The van der Waals surface area contributed by atoms with Crippen LogP contribution in [0.3, 0.4) is 0 Å². The fraction of sp³-hybridized carbons (Fsp3) is 0.850. The molecule has 1 aliphatic heterocycles. The maximum atomic E-state index is 4.51. The number of thioether (sulfide) groups is 1. The maximum absolute atomic E-state index is 4.51. The summed E-state index contributed by atoms with van der Waals surface area (Å²) in [5.74, 6) is 2.16. The molecule has 0 unspecified atom stereocenters. The van der Waals surface area contributed by atoms with Crippen LogP contribution in [-0.2, 0) is 6.42 Å². The second-order valence-corrected chi connectivity index (χ2v) is 9.79. The first-order chi connectivity index (χ1) is 12.8. The van der Waals surface area contributed by atoms with Crippen LogP contribution in [0, 0.1) is 5.41 Å². The average molecular weight is 393 g/mol. The van der Waals surface area contributed by atoms with E-state index < -0.39 is 0 Å². The van der Waals surface area contributed by atoms with Gasteiger partial charge < -0.3 is 14.8 Å². The van der Waals surface area contributed by atoms with Crippen LogP contribution in [0.25, 0.3) is 0 Å². The van der Waals surface area contributed by atoms with E-state index in [1.807, 2.05) is 7.05 Å². The third-order valence-corrected chi connectivity index (χ3v) is 7.46. The topological polar surface area (TPSA) is 58.3 Å². The molecule has 1 saturated heterocycles. The zero-order valence-electron chi connectivity index (χ0n) is 17.9. The SMILES string of the molecule is CN=C(NCCCc1nnc(SC)n1C1CCCC1)N1CC(C)(C)C1(C)C. The van der Waals surface area contributed by atoms with Gasteiger partial charge in [0.25, 0.3) is 0 Å². The molecule has 0 atom stereocenters. The normalized spacial score (nSPS) is 22.1. The molecule has 0 aromatic carbocycles. The van der Waals surface area contributed by atoms with E-state index in [9.17, 15) is 0 Å². The molecule has 0 spiro atoms. The van der Waals surface area contributed by atoms with Crippen LogP contribution < -0.4 is 5.32 Å². The third-order valence-electron chi connectivity index (χ3n) is 6.82. The largest absolute Gasteiger partial charge is 0.356 e. The molecule has 1 saturated carbocycles. The van der Waals surface area contributed by atoms with Gasteiger partial charge in [-0.05, 0) is 39.4 Å². The van der Waals surface area contributed by atoms with Crippen LogP contribution in [0.5, 0.6) is 0 Å². The Morgan fingerprint density at radius 2 is 1.93 bits per heavy atom. The lowest BCUT2D eigenvalue weighted by molar-refractivity contribution is -0.0667. The van der Waals surface area contributed by atoms with Gasteiger partial charge in [0.15, 0.2) is 11.1 Å². The summed E-state index contributed by atoms with van der Waals surface area (Å²) in [4.78, 5) is 6.90. The van der Waals surface area contributed by atoms with Crippen molar-refractivity contribution in [1.82, 2.24) is 25.0 Å². The highest BCUT2D eigenvalue weighted by Gasteiger charge is 2.53. The van der Waals surface area contributed by atoms with Gasteiger partial charge in [-0.15, -0.1) is 10.2 Å². The van der Waals surface area contributed by atoms with E-state index in [2.05, 4.69) is 63.9 Å². The van der Waals surface area contributed by atoms with Gasteiger partial charge in [-0.25, -0.2) is 0 Å². The molecule has 1 aromatic rings. The smallest absolute Gasteiger partial charge is 0.194 e. The zero-order valence-corrected chi connectivity index (χ0v) is 18.7. The van der Waals surface area contributed by atoms with Crippen molar-refractivity contribution in [2.75, 3.05) is 26.4 Å². The molecule has 152 valence electrons. The lowest BCUT2D eigenvalue weighted by atomic mass is 9.65. The molecule has 0 radical (unpaired) electrons. The number of aliphatic imine (C=N–C) groups is 1. The Hall–Kier alpha value is -1.24. The van der Waals surface area contributed by atoms with Gasteiger partial charge >= 0.3 is 0 Å². The highest BCUT2D eigenvalue weighted by molar-refractivity contribution is 7.98. The first kappa shape index (κ1) is 20.5. The van der Waals surface area contributed by atoms with Crippen LogP contribution in [0.4, 0.5) is 0 Å². The van der Waals surface area contributed by atoms with Crippen LogP contribution in [0.2, 0.25) is 0 Å². The molecular weight excluding hydrogens is 356 g/mol. The van der Waals surface area contributed by atoms with Crippen molar-refractivity contribution >= 4 is 17.7 Å². The van der Waals surface area contributed by atoms with E-state index >= 15 is 0 Å². The van der Waals surface area contributed by atoms with Crippen LogP contribution in [-0.4, -0.2) is 57.6 Å². The molecule has 6 nitrogen and oxygen atoms in total. The molecule has 2 aliphatic rings. The quantitative estimate of drug-likeness (QED) is 0.346. The van der Waals surface area contributed by atoms with Crippen molar-refractivity contribution in [1.29, 1.82) is 0 Å². The van der Waals surface area contributed by atoms with Gasteiger partial charge in [-0.1, -0.05) is 38.5 Å². The number of nitrogens with zero attached hydrogens (tertiary/aromatic N) is 5.